The summed E-state index contributed by atoms with van der Waals surface area (Å²) >= 11 is 0. The predicted molar refractivity (Wildman–Crippen MR) is 83.8 cm³/mol. The van der Waals surface area contributed by atoms with Crippen molar-refractivity contribution in [2.24, 2.45) is 7.05 Å². The van der Waals surface area contributed by atoms with Crippen LogP contribution in [-0.2, 0) is 7.05 Å². The Balaban J connectivity index is 1.53. The van der Waals surface area contributed by atoms with Crippen LogP contribution in [0.1, 0.15) is 18.8 Å². The minimum atomic E-state index is -0.187. The monoisotopic (exact) mass is 316 g/mol. The average molecular weight is 316 g/mol. The fourth-order valence-electron chi connectivity index (χ4n) is 2.62. The van der Waals surface area contributed by atoms with Crippen LogP contribution in [0, 0.1) is 0 Å². The molecule has 0 spiro atoms. The molecule has 3 rings (SSSR count). The molecule has 0 bridgehead atoms. The summed E-state index contributed by atoms with van der Waals surface area (Å²) in [6.07, 6.45) is 6.70. The van der Waals surface area contributed by atoms with E-state index >= 15 is 0 Å². The molecule has 1 aliphatic heterocycles. The van der Waals surface area contributed by atoms with E-state index in [1.165, 1.54) is 0 Å². The van der Waals surface area contributed by atoms with E-state index in [0.29, 0.717) is 13.1 Å². The Morgan fingerprint density at radius 1 is 1.26 bits per heavy atom. The topological polar surface area (TPSA) is 92.1 Å². The van der Waals surface area contributed by atoms with Gasteiger partial charge in [-0.15, -0.1) is 10.2 Å². The normalized spacial score (nSPS) is 16.3. The minimum Gasteiger partial charge on any atom is -0.352 e. The van der Waals surface area contributed by atoms with Crippen LogP contribution >= 0.6 is 0 Å². The van der Waals surface area contributed by atoms with Gasteiger partial charge >= 0.3 is 6.03 Å². The molecule has 0 unspecified atom stereocenters. The minimum absolute atomic E-state index is 0.0840. The van der Waals surface area contributed by atoms with Gasteiger partial charge in [0.25, 0.3) is 0 Å². The number of amides is 2. The Labute approximate surface area is 134 Å². The Kier molecular flexibility index (Phi) is 4.35. The van der Waals surface area contributed by atoms with Gasteiger partial charge in [0, 0.05) is 45.6 Å². The zero-order valence-electron chi connectivity index (χ0n) is 13.3. The van der Waals surface area contributed by atoms with Gasteiger partial charge in [0.1, 0.15) is 12.1 Å². The van der Waals surface area contributed by atoms with Crippen LogP contribution < -0.4 is 10.2 Å². The Hall–Kier alpha value is -2.71. The van der Waals surface area contributed by atoms with Crippen molar-refractivity contribution in [2.75, 3.05) is 31.1 Å². The maximum atomic E-state index is 12.4. The van der Waals surface area contributed by atoms with Gasteiger partial charge < -0.3 is 19.7 Å². The molecule has 2 aromatic rings. The predicted octanol–water partition coefficient (Wildman–Crippen LogP) is 0.198. The third-order valence-electron chi connectivity index (χ3n) is 3.91. The lowest BCUT2D eigenvalue weighted by Crippen LogP contribution is -2.52. The highest BCUT2D eigenvalue weighted by Gasteiger charge is 2.24. The number of piperazine rings is 1. The number of carbonyl (C=O) groups is 1. The Bertz CT molecular complexity index is 650. The van der Waals surface area contributed by atoms with Crippen LogP contribution in [0.3, 0.4) is 0 Å². The van der Waals surface area contributed by atoms with Gasteiger partial charge in [-0.25, -0.2) is 9.78 Å². The number of carbonyl (C=O) groups excluding carboxylic acids is 1. The standard InChI is InChI=1S/C14H20N8O/c1-11(13-19-17-10-20(13)2)18-14(23)22-7-5-21(6-8-22)12-9-15-3-4-16-12/h3-4,9-11H,5-8H2,1-2H3,(H,18,23)/t11-/m0/s1. The molecule has 3 heterocycles. The SMILES string of the molecule is C[C@H](NC(=O)N1CCN(c2cnccn2)CC1)c1nncn1C. The number of urea groups is 1. The average Bonchev–Trinajstić information content (AvgIpc) is 3.02. The van der Waals surface area contributed by atoms with E-state index in [4.69, 9.17) is 0 Å². The van der Waals surface area contributed by atoms with Gasteiger partial charge in [-0.1, -0.05) is 0 Å². The summed E-state index contributed by atoms with van der Waals surface area (Å²) in [6.45, 7) is 4.68. The summed E-state index contributed by atoms with van der Waals surface area (Å²) < 4.78 is 1.80. The lowest BCUT2D eigenvalue weighted by atomic mass is 10.3. The quantitative estimate of drug-likeness (QED) is 0.869. The molecule has 23 heavy (non-hydrogen) atoms. The summed E-state index contributed by atoms with van der Waals surface area (Å²) in [5.74, 6) is 1.58. The summed E-state index contributed by atoms with van der Waals surface area (Å²) in [6, 6.07) is -0.271. The Morgan fingerprint density at radius 3 is 2.65 bits per heavy atom. The molecule has 0 aromatic carbocycles. The molecule has 122 valence electrons. The van der Waals surface area contributed by atoms with Gasteiger partial charge in [0.2, 0.25) is 0 Å². The van der Waals surface area contributed by atoms with Crippen LogP contribution in [0.2, 0.25) is 0 Å². The molecule has 1 aliphatic rings. The van der Waals surface area contributed by atoms with Crippen molar-refractivity contribution in [3.8, 4) is 0 Å². The molecular weight excluding hydrogens is 296 g/mol. The molecule has 9 nitrogen and oxygen atoms in total. The number of aromatic nitrogens is 5. The van der Waals surface area contributed by atoms with Crippen LogP contribution in [0.5, 0.6) is 0 Å². The molecule has 2 aromatic heterocycles. The van der Waals surface area contributed by atoms with E-state index in [9.17, 15) is 4.79 Å². The zero-order valence-corrected chi connectivity index (χ0v) is 13.3. The van der Waals surface area contributed by atoms with Crippen LogP contribution in [-0.4, -0.2) is 61.8 Å². The van der Waals surface area contributed by atoms with Gasteiger partial charge in [0.05, 0.1) is 12.2 Å². The number of nitrogens with zero attached hydrogens (tertiary/aromatic N) is 7. The van der Waals surface area contributed by atoms with Crippen LogP contribution in [0.15, 0.2) is 24.9 Å². The summed E-state index contributed by atoms with van der Waals surface area (Å²) in [4.78, 5) is 24.7. The van der Waals surface area contributed by atoms with E-state index in [0.717, 1.165) is 24.7 Å². The first-order valence-electron chi connectivity index (χ1n) is 7.55. The number of nitrogens with one attached hydrogen (secondary N) is 1. The largest absolute Gasteiger partial charge is 0.352 e. The van der Waals surface area contributed by atoms with Crippen molar-refractivity contribution in [1.29, 1.82) is 0 Å². The second-order valence-corrected chi connectivity index (χ2v) is 5.51. The van der Waals surface area contributed by atoms with E-state index < -0.39 is 0 Å². The number of rotatable bonds is 3. The van der Waals surface area contributed by atoms with Crippen LogP contribution in [0.25, 0.3) is 0 Å². The van der Waals surface area contributed by atoms with Gasteiger partial charge in [-0.05, 0) is 6.92 Å². The summed E-state index contributed by atoms with van der Waals surface area (Å²) in [5, 5.41) is 10.8. The first kappa shape index (κ1) is 15.2. The molecule has 1 N–H and O–H groups in total. The van der Waals surface area contributed by atoms with Crippen molar-refractivity contribution in [1.82, 2.24) is 34.9 Å². The van der Waals surface area contributed by atoms with Crippen molar-refractivity contribution < 1.29 is 4.79 Å². The molecule has 0 aliphatic carbocycles. The van der Waals surface area contributed by atoms with Gasteiger partial charge in [-0.3, -0.25) is 4.98 Å². The smallest absolute Gasteiger partial charge is 0.318 e. The molecule has 2 amide bonds. The molecule has 1 saturated heterocycles. The maximum Gasteiger partial charge on any atom is 0.318 e. The first-order chi connectivity index (χ1) is 11.1. The lowest BCUT2D eigenvalue weighted by Gasteiger charge is -2.35. The van der Waals surface area contributed by atoms with E-state index in [2.05, 4.69) is 30.4 Å². The van der Waals surface area contributed by atoms with Crippen LogP contribution in [0.4, 0.5) is 10.6 Å². The first-order valence-corrected chi connectivity index (χ1v) is 7.55. The number of hydrogen-bond acceptors (Lipinski definition) is 6. The summed E-state index contributed by atoms with van der Waals surface area (Å²) in [7, 11) is 1.86. The number of aryl methyl sites for hydroxylation is 1. The lowest BCUT2D eigenvalue weighted by molar-refractivity contribution is 0.190. The van der Waals surface area contributed by atoms with Gasteiger partial charge in [-0.2, -0.15) is 0 Å². The van der Waals surface area contributed by atoms with E-state index in [-0.39, 0.29) is 12.1 Å². The molecule has 0 saturated carbocycles. The second-order valence-electron chi connectivity index (χ2n) is 5.51. The molecule has 1 atom stereocenters. The van der Waals surface area contributed by atoms with E-state index in [1.807, 2.05) is 14.0 Å². The third kappa shape index (κ3) is 3.38. The maximum absolute atomic E-state index is 12.4. The molecule has 9 heteroatoms. The van der Waals surface area contributed by atoms with Crippen molar-refractivity contribution in [3.05, 3.63) is 30.7 Å². The third-order valence-corrected chi connectivity index (χ3v) is 3.91. The fraction of sp³-hybridized carbons (Fsp3) is 0.500. The fourth-order valence-corrected chi connectivity index (χ4v) is 2.62. The second kappa shape index (κ2) is 6.59. The Morgan fingerprint density at radius 2 is 2.04 bits per heavy atom. The van der Waals surface area contributed by atoms with E-state index in [1.54, 1.807) is 34.4 Å². The molecule has 0 radical (unpaired) electrons. The zero-order chi connectivity index (χ0) is 16.2. The number of hydrogen-bond donors (Lipinski definition) is 1. The number of anilines is 1. The van der Waals surface area contributed by atoms with Gasteiger partial charge in [0.15, 0.2) is 5.82 Å². The highest BCUT2D eigenvalue weighted by atomic mass is 16.2. The molecule has 1 fully saturated rings. The van der Waals surface area contributed by atoms with Crippen molar-refractivity contribution >= 4 is 11.8 Å². The van der Waals surface area contributed by atoms with Crippen molar-refractivity contribution in [2.45, 2.75) is 13.0 Å². The highest BCUT2D eigenvalue weighted by molar-refractivity contribution is 5.75. The highest BCUT2D eigenvalue weighted by Crippen LogP contribution is 2.13. The van der Waals surface area contributed by atoms with Crippen molar-refractivity contribution in [3.63, 3.8) is 0 Å². The molecular formula is C14H20N8O. The summed E-state index contributed by atoms with van der Waals surface area (Å²) in [5.41, 5.74) is 0.